The van der Waals surface area contributed by atoms with Gasteiger partial charge in [-0.2, -0.15) is 11.3 Å². The molecule has 0 radical (unpaired) electrons. The molecule has 3 aromatic heterocycles. The van der Waals surface area contributed by atoms with E-state index in [1.54, 1.807) is 35.4 Å². The summed E-state index contributed by atoms with van der Waals surface area (Å²) >= 11 is 1.57. The lowest BCUT2D eigenvalue weighted by Gasteiger charge is -2.31. The quantitative estimate of drug-likeness (QED) is 0.694. The maximum Gasteiger partial charge on any atom is 0.263 e. The Morgan fingerprint density at radius 2 is 2.15 bits per heavy atom. The van der Waals surface area contributed by atoms with Crippen molar-refractivity contribution in [3.8, 4) is 11.5 Å². The van der Waals surface area contributed by atoms with Crippen molar-refractivity contribution in [2.24, 2.45) is 7.05 Å². The number of aromatic nitrogens is 3. The summed E-state index contributed by atoms with van der Waals surface area (Å²) in [7, 11) is 1.68. The number of likely N-dealkylation sites (tertiary alicyclic amines) is 1. The molecule has 1 aliphatic heterocycles. The average molecular weight is 384 g/mol. The molecule has 0 bridgehead atoms. The molecule has 0 saturated carbocycles. The molecule has 140 valence electrons. The van der Waals surface area contributed by atoms with Gasteiger partial charge in [0.25, 0.3) is 11.5 Å². The minimum atomic E-state index is -0.264. The van der Waals surface area contributed by atoms with E-state index in [1.165, 1.54) is 4.57 Å². The van der Waals surface area contributed by atoms with Gasteiger partial charge in [-0.05, 0) is 43.3 Å². The Morgan fingerprint density at radius 1 is 1.30 bits per heavy atom. The monoisotopic (exact) mass is 384 g/mol. The lowest BCUT2D eigenvalue weighted by Crippen LogP contribution is -2.42. The molecule has 0 spiro atoms. The highest BCUT2D eigenvalue weighted by Gasteiger charge is 2.30. The predicted octanol–water partition coefficient (Wildman–Crippen LogP) is 2.83. The molecule has 1 unspecified atom stereocenters. The van der Waals surface area contributed by atoms with Crippen molar-refractivity contribution in [3.05, 3.63) is 56.5 Å². The minimum Gasteiger partial charge on any atom is -0.420 e. The fourth-order valence-corrected chi connectivity index (χ4v) is 3.96. The second kappa shape index (κ2) is 7.11. The van der Waals surface area contributed by atoms with Crippen molar-refractivity contribution in [2.45, 2.75) is 25.7 Å². The summed E-state index contributed by atoms with van der Waals surface area (Å²) in [5.74, 6) is 0.794. The second-order valence-electron chi connectivity index (χ2n) is 6.80. The number of nitrogens with zero attached hydrogens (tertiary/aromatic N) is 4. The van der Waals surface area contributed by atoms with Gasteiger partial charge in [0.2, 0.25) is 11.8 Å². The summed E-state index contributed by atoms with van der Waals surface area (Å²) in [6, 6.07) is 5.35. The second-order valence-corrected chi connectivity index (χ2v) is 7.58. The predicted molar refractivity (Wildman–Crippen MR) is 102 cm³/mol. The van der Waals surface area contributed by atoms with Crippen LogP contribution in [0.25, 0.3) is 11.5 Å². The van der Waals surface area contributed by atoms with Gasteiger partial charge in [0.1, 0.15) is 5.56 Å². The molecule has 27 heavy (non-hydrogen) atoms. The number of thiophene rings is 1. The van der Waals surface area contributed by atoms with E-state index in [0.717, 1.165) is 24.1 Å². The SMILES string of the molecule is Cc1ccc(C(=O)N2CCCC(c3nnc(-c4ccsc4)o3)C2)c(=O)n1C. The van der Waals surface area contributed by atoms with Gasteiger partial charge in [0.05, 0.1) is 5.92 Å². The Bertz CT molecular complexity index is 1020. The summed E-state index contributed by atoms with van der Waals surface area (Å²) < 4.78 is 7.34. The molecule has 1 fully saturated rings. The molecule has 1 atom stereocenters. The van der Waals surface area contributed by atoms with Gasteiger partial charge in [0.15, 0.2) is 0 Å². The minimum absolute atomic E-state index is 0.0168. The molecular weight excluding hydrogens is 364 g/mol. The molecule has 1 saturated heterocycles. The number of carbonyl (C=O) groups is 1. The number of carbonyl (C=O) groups excluding carboxylic acids is 1. The number of hydrogen-bond donors (Lipinski definition) is 0. The number of aryl methyl sites for hydroxylation is 1. The highest BCUT2D eigenvalue weighted by Crippen LogP contribution is 2.29. The van der Waals surface area contributed by atoms with Gasteiger partial charge >= 0.3 is 0 Å². The maximum absolute atomic E-state index is 12.9. The van der Waals surface area contributed by atoms with Gasteiger partial charge in [-0.25, -0.2) is 0 Å². The Kier molecular flexibility index (Phi) is 4.65. The van der Waals surface area contributed by atoms with Crippen LogP contribution >= 0.6 is 11.3 Å². The molecule has 7 nitrogen and oxygen atoms in total. The third kappa shape index (κ3) is 3.32. The lowest BCUT2D eigenvalue weighted by molar-refractivity contribution is 0.0696. The van der Waals surface area contributed by atoms with Crippen LogP contribution in [0.2, 0.25) is 0 Å². The normalized spacial score (nSPS) is 17.3. The first-order chi connectivity index (χ1) is 13.0. The molecular formula is C19H20N4O3S. The number of hydrogen-bond acceptors (Lipinski definition) is 6. The Balaban J connectivity index is 1.54. The molecule has 3 aromatic rings. The fourth-order valence-electron chi connectivity index (χ4n) is 3.33. The third-order valence-electron chi connectivity index (χ3n) is 5.05. The summed E-state index contributed by atoms with van der Waals surface area (Å²) in [6.07, 6.45) is 1.71. The van der Waals surface area contributed by atoms with Crippen LogP contribution in [0.5, 0.6) is 0 Å². The largest absolute Gasteiger partial charge is 0.420 e. The summed E-state index contributed by atoms with van der Waals surface area (Å²) in [6.45, 7) is 2.94. The third-order valence-corrected chi connectivity index (χ3v) is 5.74. The summed E-state index contributed by atoms with van der Waals surface area (Å²) in [4.78, 5) is 27.1. The Hall–Kier alpha value is -2.74. The van der Waals surface area contributed by atoms with Crippen molar-refractivity contribution in [3.63, 3.8) is 0 Å². The van der Waals surface area contributed by atoms with Crippen LogP contribution in [-0.2, 0) is 7.05 Å². The van der Waals surface area contributed by atoms with Gasteiger partial charge in [-0.15, -0.1) is 10.2 Å². The van der Waals surface area contributed by atoms with Crippen LogP contribution < -0.4 is 5.56 Å². The van der Waals surface area contributed by atoms with E-state index in [9.17, 15) is 9.59 Å². The molecule has 1 amide bonds. The number of piperidine rings is 1. The van der Waals surface area contributed by atoms with E-state index in [2.05, 4.69) is 10.2 Å². The van der Waals surface area contributed by atoms with E-state index < -0.39 is 0 Å². The first kappa shape index (κ1) is 17.7. The van der Waals surface area contributed by atoms with Crippen molar-refractivity contribution >= 4 is 17.2 Å². The van der Waals surface area contributed by atoms with Gasteiger partial charge in [-0.3, -0.25) is 9.59 Å². The van der Waals surface area contributed by atoms with E-state index in [1.807, 2.05) is 23.8 Å². The molecule has 1 aliphatic rings. The molecule has 8 heteroatoms. The lowest BCUT2D eigenvalue weighted by atomic mass is 9.97. The highest BCUT2D eigenvalue weighted by molar-refractivity contribution is 7.08. The zero-order chi connectivity index (χ0) is 19.0. The van der Waals surface area contributed by atoms with E-state index >= 15 is 0 Å². The van der Waals surface area contributed by atoms with Gasteiger partial charge in [-0.1, -0.05) is 0 Å². The fraction of sp³-hybridized carbons (Fsp3) is 0.368. The van der Waals surface area contributed by atoms with Gasteiger partial charge in [0, 0.05) is 36.8 Å². The molecule has 4 rings (SSSR count). The first-order valence-corrected chi connectivity index (χ1v) is 9.80. The number of amides is 1. The molecule has 0 aliphatic carbocycles. The van der Waals surface area contributed by atoms with E-state index in [4.69, 9.17) is 4.42 Å². The van der Waals surface area contributed by atoms with Crippen molar-refractivity contribution in [1.82, 2.24) is 19.7 Å². The van der Waals surface area contributed by atoms with Crippen LogP contribution in [-0.4, -0.2) is 38.7 Å². The first-order valence-electron chi connectivity index (χ1n) is 8.86. The van der Waals surface area contributed by atoms with E-state index in [-0.39, 0.29) is 22.9 Å². The summed E-state index contributed by atoms with van der Waals surface area (Å²) in [5, 5.41) is 12.2. The van der Waals surface area contributed by atoms with Crippen LogP contribution in [0, 0.1) is 6.92 Å². The maximum atomic E-state index is 12.9. The standard InChI is InChI=1S/C19H20N4O3S/c1-12-5-6-15(18(24)22(12)2)19(25)23-8-3-4-13(10-23)16-20-21-17(26-16)14-7-9-27-11-14/h5-7,9,11,13H,3-4,8,10H2,1-2H3. The number of pyridine rings is 1. The zero-order valence-corrected chi connectivity index (χ0v) is 16.0. The average Bonchev–Trinajstić information content (AvgIpc) is 3.37. The van der Waals surface area contributed by atoms with E-state index in [0.29, 0.717) is 24.9 Å². The van der Waals surface area contributed by atoms with Gasteiger partial charge < -0.3 is 13.9 Å². The Morgan fingerprint density at radius 3 is 2.93 bits per heavy atom. The van der Waals surface area contributed by atoms with Crippen LogP contribution in [0.4, 0.5) is 0 Å². The van der Waals surface area contributed by atoms with Crippen LogP contribution in [0.1, 0.15) is 40.7 Å². The topological polar surface area (TPSA) is 81.2 Å². The Labute approximate surface area is 160 Å². The zero-order valence-electron chi connectivity index (χ0n) is 15.2. The van der Waals surface area contributed by atoms with Crippen LogP contribution in [0.3, 0.4) is 0 Å². The molecule has 4 heterocycles. The summed E-state index contributed by atoms with van der Waals surface area (Å²) in [5.41, 5.74) is 1.67. The molecule has 0 N–H and O–H groups in total. The number of rotatable bonds is 3. The smallest absolute Gasteiger partial charge is 0.263 e. The highest BCUT2D eigenvalue weighted by atomic mass is 32.1. The van der Waals surface area contributed by atoms with Crippen molar-refractivity contribution < 1.29 is 9.21 Å². The van der Waals surface area contributed by atoms with Crippen molar-refractivity contribution in [2.75, 3.05) is 13.1 Å². The van der Waals surface area contributed by atoms with Crippen LogP contribution in [0.15, 0.2) is 38.2 Å². The molecule has 0 aromatic carbocycles. The van der Waals surface area contributed by atoms with Crippen molar-refractivity contribution in [1.29, 1.82) is 0 Å².